The predicted molar refractivity (Wildman–Crippen MR) is 45.6 cm³/mol. The van der Waals surface area contributed by atoms with Gasteiger partial charge in [0, 0.05) is 7.11 Å². The number of methoxy groups -OCH3 is 1. The Bertz CT molecular complexity index is 140. The molecule has 0 aliphatic carbocycles. The van der Waals surface area contributed by atoms with Crippen LogP contribution in [0.1, 0.15) is 34.1 Å². The fourth-order valence-electron chi connectivity index (χ4n) is 1.15. The van der Waals surface area contributed by atoms with Crippen molar-refractivity contribution >= 4 is 5.78 Å². The van der Waals surface area contributed by atoms with Gasteiger partial charge in [0.1, 0.15) is 5.60 Å². The van der Waals surface area contributed by atoms with Crippen LogP contribution in [0.2, 0.25) is 0 Å². The summed E-state index contributed by atoms with van der Waals surface area (Å²) in [4.78, 5) is 11.1. The Morgan fingerprint density at radius 1 is 1.55 bits per heavy atom. The molecule has 66 valence electrons. The molecule has 0 aliphatic heterocycles. The molecule has 11 heavy (non-hydrogen) atoms. The van der Waals surface area contributed by atoms with Crippen LogP contribution < -0.4 is 0 Å². The fourth-order valence-corrected chi connectivity index (χ4v) is 1.15. The third-order valence-corrected chi connectivity index (χ3v) is 1.99. The maximum atomic E-state index is 11.1. The minimum Gasteiger partial charge on any atom is -0.371 e. The lowest BCUT2D eigenvalue weighted by Gasteiger charge is -2.26. The lowest BCUT2D eigenvalue weighted by Crippen LogP contribution is -2.36. The summed E-state index contributed by atoms with van der Waals surface area (Å²) in [5.74, 6) is 0.595. The second-order valence-corrected chi connectivity index (χ2v) is 3.59. The van der Waals surface area contributed by atoms with Crippen molar-refractivity contribution in [2.75, 3.05) is 7.11 Å². The Morgan fingerprint density at radius 2 is 2.00 bits per heavy atom. The summed E-state index contributed by atoms with van der Waals surface area (Å²) < 4.78 is 5.16. The van der Waals surface area contributed by atoms with Gasteiger partial charge in [-0.1, -0.05) is 13.8 Å². The summed E-state index contributed by atoms with van der Waals surface area (Å²) in [6, 6.07) is 0. The number of hydrogen-bond acceptors (Lipinski definition) is 2. The fraction of sp³-hybridized carbons (Fsp3) is 0.889. The molecule has 0 saturated heterocycles. The van der Waals surface area contributed by atoms with E-state index in [4.69, 9.17) is 4.74 Å². The van der Waals surface area contributed by atoms with Gasteiger partial charge in [0.15, 0.2) is 5.78 Å². The van der Waals surface area contributed by atoms with Gasteiger partial charge in [-0.3, -0.25) is 4.79 Å². The van der Waals surface area contributed by atoms with E-state index >= 15 is 0 Å². The first-order valence-corrected chi connectivity index (χ1v) is 3.98. The van der Waals surface area contributed by atoms with Crippen molar-refractivity contribution < 1.29 is 9.53 Å². The summed E-state index contributed by atoms with van der Waals surface area (Å²) in [6.45, 7) is 7.58. The van der Waals surface area contributed by atoms with Crippen molar-refractivity contribution in [2.45, 2.75) is 39.7 Å². The molecule has 1 atom stereocenters. The predicted octanol–water partition coefficient (Wildman–Crippen LogP) is 2.03. The normalized spacial score (nSPS) is 16.5. The maximum Gasteiger partial charge on any atom is 0.161 e. The van der Waals surface area contributed by atoms with Crippen LogP contribution in [0.4, 0.5) is 0 Å². The van der Waals surface area contributed by atoms with Gasteiger partial charge in [-0.2, -0.15) is 0 Å². The molecule has 2 nitrogen and oxygen atoms in total. The maximum absolute atomic E-state index is 11.1. The molecule has 0 radical (unpaired) electrons. The SMILES string of the molecule is COC(C)(CC(C)C)C(C)=O. The molecule has 0 amide bonds. The molecule has 0 rings (SSSR count). The highest BCUT2D eigenvalue weighted by Crippen LogP contribution is 2.20. The van der Waals surface area contributed by atoms with Gasteiger partial charge >= 0.3 is 0 Å². The van der Waals surface area contributed by atoms with E-state index in [0.717, 1.165) is 6.42 Å². The van der Waals surface area contributed by atoms with Gasteiger partial charge in [-0.05, 0) is 26.2 Å². The summed E-state index contributed by atoms with van der Waals surface area (Å²) in [5, 5.41) is 0. The Labute approximate surface area is 68.9 Å². The van der Waals surface area contributed by atoms with Crippen molar-refractivity contribution in [1.29, 1.82) is 0 Å². The van der Waals surface area contributed by atoms with E-state index in [1.54, 1.807) is 14.0 Å². The molecule has 0 saturated carbocycles. The molecule has 0 aliphatic rings. The Kier molecular flexibility index (Phi) is 3.73. The first-order valence-electron chi connectivity index (χ1n) is 3.98. The highest BCUT2D eigenvalue weighted by molar-refractivity contribution is 5.84. The Balaban J connectivity index is 4.22. The van der Waals surface area contributed by atoms with E-state index in [2.05, 4.69) is 13.8 Å². The smallest absolute Gasteiger partial charge is 0.161 e. The summed E-state index contributed by atoms with van der Waals surface area (Å²) in [5.41, 5.74) is -0.575. The molecule has 0 aromatic heterocycles. The second-order valence-electron chi connectivity index (χ2n) is 3.59. The first kappa shape index (κ1) is 10.6. The average molecular weight is 158 g/mol. The minimum atomic E-state index is -0.575. The van der Waals surface area contributed by atoms with Crippen molar-refractivity contribution in [2.24, 2.45) is 5.92 Å². The number of ether oxygens (including phenoxy) is 1. The van der Waals surface area contributed by atoms with Crippen LogP contribution in [0.5, 0.6) is 0 Å². The standard InChI is InChI=1S/C9H18O2/c1-7(2)6-9(4,11-5)8(3)10/h7H,6H2,1-5H3. The summed E-state index contributed by atoms with van der Waals surface area (Å²) in [7, 11) is 1.59. The second kappa shape index (κ2) is 3.86. The Morgan fingerprint density at radius 3 is 2.09 bits per heavy atom. The van der Waals surface area contributed by atoms with Crippen LogP contribution in [0, 0.1) is 5.92 Å². The largest absolute Gasteiger partial charge is 0.371 e. The zero-order chi connectivity index (χ0) is 9.07. The van der Waals surface area contributed by atoms with Crippen molar-refractivity contribution in [3.8, 4) is 0 Å². The van der Waals surface area contributed by atoms with Gasteiger partial charge in [-0.25, -0.2) is 0 Å². The molecule has 0 spiro atoms. The van der Waals surface area contributed by atoms with E-state index in [-0.39, 0.29) is 5.78 Å². The first-order chi connectivity index (χ1) is 4.92. The lowest BCUT2D eigenvalue weighted by atomic mass is 9.91. The molecule has 0 aromatic carbocycles. The van der Waals surface area contributed by atoms with Crippen molar-refractivity contribution in [1.82, 2.24) is 0 Å². The summed E-state index contributed by atoms with van der Waals surface area (Å²) >= 11 is 0. The third kappa shape index (κ3) is 3.02. The highest BCUT2D eigenvalue weighted by atomic mass is 16.5. The van der Waals surface area contributed by atoms with E-state index < -0.39 is 5.60 Å². The molecular formula is C9H18O2. The van der Waals surface area contributed by atoms with Crippen molar-refractivity contribution in [3.05, 3.63) is 0 Å². The number of rotatable bonds is 4. The van der Waals surface area contributed by atoms with E-state index in [1.807, 2.05) is 6.92 Å². The quantitative estimate of drug-likeness (QED) is 0.625. The average Bonchev–Trinajstić information content (AvgIpc) is 1.86. The van der Waals surface area contributed by atoms with E-state index in [9.17, 15) is 4.79 Å². The highest BCUT2D eigenvalue weighted by Gasteiger charge is 2.29. The molecule has 0 heterocycles. The van der Waals surface area contributed by atoms with Crippen LogP contribution >= 0.6 is 0 Å². The number of ketones is 1. The molecule has 0 bridgehead atoms. The van der Waals surface area contributed by atoms with Gasteiger partial charge in [0.25, 0.3) is 0 Å². The molecule has 0 aromatic rings. The monoisotopic (exact) mass is 158 g/mol. The number of Topliss-reactive ketones (excluding diaryl/α,β-unsaturated/α-hetero) is 1. The number of carbonyl (C=O) groups excluding carboxylic acids is 1. The third-order valence-electron chi connectivity index (χ3n) is 1.99. The minimum absolute atomic E-state index is 0.105. The van der Waals surface area contributed by atoms with Crippen LogP contribution in [0.25, 0.3) is 0 Å². The van der Waals surface area contributed by atoms with E-state index in [1.165, 1.54) is 0 Å². The van der Waals surface area contributed by atoms with Crippen LogP contribution in [0.15, 0.2) is 0 Å². The Hall–Kier alpha value is -0.370. The van der Waals surface area contributed by atoms with Gasteiger partial charge in [0.05, 0.1) is 0 Å². The number of hydrogen-bond donors (Lipinski definition) is 0. The van der Waals surface area contributed by atoms with Gasteiger partial charge in [-0.15, -0.1) is 0 Å². The van der Waals surface area contributed by atoms with Crippen LogP contribution in [-0.4, -0.2) is 18.5 Å². The van der Waals surface area contributed by atoms with Gasteiger partial charge < -0.3 is 4.74 Å². The molecule has 2 heteroatoms. The zero-order valence-electron chi connectivity index (χ0n) is 8.10. The molecule has 0 fully saturated rings. The topological polar surface area (TPSA) is 26.3 Å². The molecular weight excluding hydrogens is 140 g/mol. The van der Waals surface area contributed by atoms with Gasteiger partial charge in [0.2, 0.25) is 0 Å². The zero-order valence-corrected chi connectivity index (χ0v) is 8.10. The van der Waals surface area contributed by atoms with E-state index in [0.29, 0.717) is 5.92 Å². The summed E-state index contributed by atoms with van der Waals surface area (Å²) in [6.07, 6.45) is 0.791. The lowest BCUT2D eigenvalue weighted by molar-refractivity contribution is -0.138. The molecule has 0 N–H and O–H groups in total. The van der Waals surface area contributed by atoms with Crippen LogP contribution in [0.3, 0.4) is 0 Å². The van der Waals surface area contributed by atoms with Crippen molar-refractivity contribution in [3.63, 3.8) is 0 Å². The molecule has 1 unspecified atom stereocenters. The number of carbonyl (C=O) groups is 1. The van der Waals surface area contributed by atoms with Crippen LogP contribution in [-0.2, 0) is 9.53 Å².